The lowest BCUT2D eigenvalue weighted by atomic mass is 10.0. The second kappa shape index (κ2) is 10.0. The third kappa shape index (κ3) is 5.11. The first-order valence-electron chi connectivity index (χ1n) is 12.2. The lowest BCUT2D eigenvalue weighted by Crippen LogP contribution is -2.45. The maximum Gasteiger partial charge on any atom is 0.393 e. The van der Waals surface area contributed by atoms with Gasteiger partial charge in [-0.05, 0) is 42.1 Å². The summed E-state index contributed by atoms with van der Waals surface area (Å²) < 4.78 is 61.4. The van der Waals surface area contributed by atoms with Gasteiger partial charge >= 0.3 is 12.2 Å². The van der Waals surface area contributed by atoms with Gasteiger partial charge < -0.3 is 20.5 Å². The standard InChI is InChI=1S/C24H22F4N8O2S/c25-14-10-29-8-6-15(14)31-16-4-1-3-12-13(9-24(26,27)28)20(39-19(12)16)21-33-22(38-35-21)17-11-36(23(37)32-17)18-5-2-7-30-34-18/h1-5,7,14-15,17,29,31H,6,8-11H2,(H,32,37)/t14-,15+,17+/m0/s1. The van der Waals surface area contributed by atoms with Crippen molar-refractivity contribution in [1.29, 1.82) is 0 Å². The average molecular weight is 563 g/mol. The number of piperidine rings is 1. The van der Waals surface area contributed by atoms with Crippen LogP contribution in [0.1, 0.15) is 23.9 Å². The smallest absolute Gasteiger partial charge is 0.378 e. The molecule has 0 radical (unpaired) electrons. The monoisotopic (exact) mass is 562 g/mol. The number of amides is 2. The van der Waals surface area contributed by atoms with E-state index in [-0.39, 0.29) is 35.2 Å². The van der Waals surface area contributed by atoms with Crippen molar-refractivity contribution < 1.29 is 26.9 Å². The third-order valence-corrected chi connectivity index (χ3v) is 7.91. The van der Waals surface area contributed by atoms with Crippen molar-refractivity contribution in [2.75, 3.05) is 29.9 Å². The summed E-state index contributed by atoms with van der Waals surface area (Å²) in [4.78, 5) is 18.4. The molecule has 3 atom stereocenters. The molecule has 5 heterocycles. The van der Waals surface area contributed by atoms with E-state index in [9.17, 15) is 22.4 Å². The van der Waals surface area contributed by atoms with Gasteiger partial charge in [0.1, 0.15) is 12.2 Å². The summed E-state index contributed by atoms with van der Waals surface area (Å²) in [6.07, 6.45) is -4.81. The molecule has 39 heavy (non-hydrogen) atoms. The molecule has 2 aliphatic rings. The van der Waals surface area contributed by atoms with Crippen LogP contribution >= 0.6 is 11.3 Å². The van der Waals surface area contributed by atoms with Gasteiger partial charge in [-0.25, -0.2) is 9.18 Å². The average Bonchev–Trinajstić information content (AvgIpc) is 3.63. The first kappa shape index (κ1) is 25.4. The number of alkyl halides is 4. The van der Waals surface area contributed by atoms with Crippen molar-refractivity contribution in [3.05, 3.63) is 48.0 Å². The Balaban J connectivity index is 1.34. The fraction of sp³-hybridized carbons (Fsp3) is 0.375. The predicted octanol–water partition coefficient (Wildman–Crippen LogP) is 4.23. The Kier molecular flexibility index (Phi) is 6.54. The molecule has 4 aromatic rings. The number of halogens is 4. The van der Waals surface area contributed by atoms with Crippen molar-refractivity contribution >= 4 is 39.0 Å². The highest BCUT2D eigenvalue weighted by atomic mass is 32.1. The van der Waals surface area contributed by atoms with E-state index in [4.69, 9.17) is 4.52 Å². The van der Waals surface area contributed by atoms with Crippen LogP contribution in [0.2, 0.25) is 0 Å². The Morgan fingerprint density at radius 2 is 2.10 bits per heavy atom. The van der Waals surface area contributed by atoms with Crippen molar-refractivity contribution in [2.24, 2.45) is 0 Å². The lowest BCUT2D eigenvalue weighted by molar-refractivity contribution is -0.126. The highest BCUT2D eigenvalue weighted by molar-refractivity contribution is 7.23. The number of carbonyl (C=O) groups excluding carboxylic acids is 1. The van der Waals surface area contributed by atoms with Gasteiger partial charge in [0.05, 0.1) is 34.3 Å². The van der Waals surface area contributed by atoms with Gasteiger partial charge in [-0.2, -0.15) is 23.3 Å². The zero-order valence-corrected chi connectivity index (χ0v) is 21.0. The summed E-state index contributed by atoms with van der Waals surface area (Å²) in [7, 11) is 0. The first-order chi connectivity index (χ1) is 18.8. The van der Waals surface area contributed by atoms with Crippen molar-refractivity contribution in [1.82, 2.24) is 31.0 Å². The van der Waals surface area contributed by atoms with E-state index in [1.807, 2.05) is 0 Å². The molecule has 0 aliphatic carbocycles. The number of nitrogens with one attached hydrogen (secondary N) is 3. The molecule has 0 unspecified atom stereocenters. The van der Waals surface area contributed by atoms with Crippen LogP contribution < -0.4 is 20.9 Å². The molecule has 2 aliphatic heterocycles. The molecule has 204 valence electrons. The van der Waals surface area contributed by atoms with Crippen LogP contribution in [0.25, 0.3) is 20.8 Å². The molecule has 2 amide bonds. The molecule has 3 N–H and O–H groups in total. The minimum Gasteiger partial charge on any atom is -0.378 e. The Morgan fingerprint density at radius 3 is 2.87 bits per heavy atom. The largest absolute Gasteiger partial charge is 0.393 e. The summed E-state index contributed by atoms with van der Waals surface area (Å²) in [5.41, 5.74) is 0.561. The number of benzene rings is 1. The molecule has 3 aromatic heterocycles. The molecule has 6 rings (SSSR count). The maximum absolute atomic E-state index is 14.5. The summed E-state index contributed by atoms with van der Waals surface area (Å²) in [6, 6.07) is 6.63. The zero-order valence-electron chi connectivity index (χ0n) is 20.2. The minimum absolute atomic E-state index is 0.0113. The second-order valence-electron chi connectivity index (χ2n) is 9.29. The van der Waals surface area contributed by atoms with Gasteiger partial charge in [0.2, 0.25) is 5.82 Å². The van der Waals surface area contributed by atoms with Gasteiger partial charge in [0.25, 0.3) is 5.89 Å². The van der Waals surface area contributed by atoms with Gasteiger partial charge in [-0.1, -0.05) is 17.3 Å². The molecular formula is C24H22F4N8O2S. The SMILES string of the molecule is O=C1N[C@@H](c2nc(-c3sc4c(N[C@@H]5CCNC[C@@H]5F)cccc4c3CC(F)(F)F)no2)CN1c1cccnn1. The van der Waals surface area contributed by atoms with Crippen molar-refractivity contribution in [2.45, 2.75) is 37.3 Å². The van der Waals surface area contributed by atoms with Crippen LogP contribution in [0.5, 0.6) is 0 Å². The van der Waals surface area contributed by atoms with Crippen LogP contribution in [-0.2, 0) is 6.42 Å². The van der Waals surface area contributed by atoms with Gasteiger partial charge in [-0.15, -0.1) is 16.4 Å². The molecular weight excluding hydrogens is 540 g/mol. The van der Waals surface area contributed by atoms with Crippen molar-refractivity contribution in [3.8, 4) is 10.7 Å². The highest BCUT2D eigenvalue weighted by Crippen LogP contribution is 2.44. The number of thiophene rings is 1. The summed E-state index contributed by atoms with van der Waals surface area (Å²) in [5, 5.41) is 20.9. The van der Waals surface area contributed by atoms with Crippen molar-refractivity contribution in [3.63, 3.8) is 0 Å². The number of fused-ring (bicyclic) bond motifs is 1. The summed E-state index contributed by atoms with van der Waals surface area (Å²) in [5.74, 6) is 0.362. The topological polar surface area (TPSA) is 121 Å². The van der Waals surface area contributed by atoms with E-state index < -0.39 is 36.9 Å². The number of hydrogen-bond donors (Lipinski definition) is 3. The first-order valence-corrected chi connectivity index (χ1v) is 13.0. The molecule has 1 aromatic carbocycles. The number of aromatic nitrogens is 4. The second-order valence-corrected chi connectivity index (χ2v) is 10.3. The van der Waals surface area contributed by atoms with E-state index in [2.05, 4.69) is 36.3 Å². The number of nitrogens with zero attached hydrogens (tertiary/aromatic N) is 5. The zero-order chi connectivity index (χ0) is 27.1. The number of hydrogen-bond acceptors (Lipinski definition) is 9. The van der Waals surface area contributed by atoms with E-state index in [1.54, 1.807) is 30.3 Å². The highest BCUT2D eigenvalue weighted by Gasteiger charge is 2.37. The molecule has 15 heteroatoms. The Labute approximate surface area is 222 Å². The van der Waals surface area contributed by atoms with Crippen LogP contribution in [0.3, 0.4) is 0 Å². The Morgan fingerprint density at radius 1 is 1.23 bits per heavy atom. The lowest BCUT2D eigenvalue weighted by Gasteiger charge is -2.28. The minimum atomic E-state index is -4.49. The van der Waals surface area contributed by atoms with E-state index in [0.717, 1.165) is 11.3 Å². The van der Waals surface area contributed by atoms with E-state index >= 15 is 0 Å². The maximum atomic E-state index is 14.5. The quantitative estimate of drug-likeness (QED) is 0.299. The molecule has 10 nitrogen and oxygen atoms in total. The Bertz CT molecular complexity index is 1490. The van der Waals surface area contributed by atoms with Gasteiger partial charge in [0, 0.05) is 12.7 Å². The summed E-state index contributed by atoms with van der Waals surface area (Å²) >= 11 is 1.09. The normalized spacial score (nSPS) is 21.9. The van der Waals surface area contributed by atoms with E-state index in [1.165, 1.54) is 11.1 Å². The molecule has 0 bridgehead atoms. The molecule has 0 spiro atoms. The molecule has 2 saturated heterocycles. The number of anilines is 2. The fourth-order valence-corrected chi connectivity index (χ4v) is 6.03. The van der Waals surface area contributed by atoms with Gasteiger partial charge in [0.15, 0.2) is 5.82 Å². The fourth-order valence-electron chi connectivity index (χ4n) is 4.81. The summed E-state index contributed by atoms with van der Waals surface area (Å²) in [6.45, 7) is 0.969. The van der Waals surface area contributed by atoms with Crippen LogP contribution in [-0.4, -0.2) is 64.4 Å². The van der Waals surface area contributed by atoms with E-state index in [0.29, 0.717) is 34.6 Å². The van der Waals surface area contributed by atoms with Gasteiger partial charge in [-0.3, -0.25) is 4.90 Å². The Hall–Kier alpha value is -3.85. The number of rotatable bonds is 6. The number of carbonyl (C=O) groups is 1. The van der Waals surface area contributed by atoms with Crippen LogP contribution in [0, 0.1) is 0 Å². The number of urea groups is 1. The molecule has 0 saturated carbocycles. The third-order valence-electron chi connectivity index (χ3n) is 6.63. The van der Waals surface area contributed by atoms with Crippen LogP contribution in [0.4, 0.5) is 33.9 Å². The predicted molar refractivity (Wildman–Crippen MR) is 135 cm³/mol. The molecule has 2 fully saturated rings. The van der Waals surface area contributed by atoms with Crippen LogP contribution in [0.15, 0.2) is 41.1 Å².